The van der Waals surface area contributed by atoms with E-state index in [1.165, 1.54) is 122 Å². The summed E-state index contributed by atoms with van der Waals surface area (Å²) >= 11 is 0. The van der Waals surface area contributed by atoms with Crippen molar-refractivity contribution < 1.29 is 47.8 Å². The smallest absolute Gasteiger partial charge is 0.457 e. The van der Waals surface area contributed by atoms with E-state index >= 15 is 0 Å². The number of ether oxygens (including phenoxy) is 2. The minimum absolute atomic E-state index is 0.185. The standard InChI is InChI=1S/C44H85O10P/c1-3-5-7-9-11-13-15-17-19-20-21-22-24-26-28-30-32-34-36-44(48)54-42(38-46)40-52-55(49,50)51-39-41(37-45)53-43(47)35-33-31-29-27-25-23-18-16-14-12-10-8-6-4-2/h16,18,41-42,45-46H,3-15,17,19-40H2,1-2H3,(H,49,50)/b18-16-. The zero-order valence-corrected chi connectivity index (χ0v) is 36.3. The van der Waals surface area contributed by atoms with E-state index in [0.29, 0.717) is 12.8 Å². The Morgan fingerprint density at radius 2 is 0.745 bits per heavy atom. The number of aliphatic hydroxyl groups excluding tert-OH is 2. The van der Waals surface area contributed by atoms with Gasteiger partial charge in [0.05, 0.1) is 26.4 Å². The summed E-state index contributed by atoms with van der Waals surface area (Å²) in [6.45, 7) is 2.22. The van der Waals surface area contributed by atoms with Gasteiger partial charge in [-0.25, -0.2) is 4.57 Å². The van der Waals surface area contributed by atoms with Crippen molar-refractivity contribution in [3.8, 4) is 0 Å². The van der Waals surface area contributed by atoms with Gasteiger partial charge < -0.3 is 24.6 Å². The maximum atomic E-state index is 12.4. The molecule has 326 valence electrons. The minimum atomic E-state index is -4.63. The Bertz CT molecular complexity index is 930. The van der Waals surface area contributed by atoms with E-state index in [-0.39, 0.29) is 12.8 Å². The topological polar surface area (TPSA) is 149 Å². The van der Waals surface area contributed by atoms with E-state index in [4.69, 9.17) is 18.5 Å². The van der Waals surface area contributed by atoms with Crippen molar-refractivity contribution in [3.05, 3.63) is 12.2 Å². The molecule has 10 nitrogen and oxygen atoms in total. The SMILES string of the molecule is CCCCCCC/C=C\CCCCCCCC(=O)OC(CO)COP(=O)(O)OCC(CO)OC(=O)CCCCCCCCCCCCCCCCCCCC. The van der Waals surface area contributed by atoms with E-state index in [1.54, 1.807) is 0 Å². The monoisotopic (exact) mass is 805 g/mol. The Hall–Kier alpha value is -1.29. The van der Waals surface area contributed by atoms with Gasteiger partial charge in [-0.3, -0.25) is 18.6 Å². The number of phosphoric ester groups is 1. The van der Waals surface area contributed by atoms with Crippen molar-refractivity contribution in [3.63, 3.8) is 0 Å². The lowest BCUT2D eigenvalue weighted by atomic mass is 10.0. The first-order valence-electron chi connectivity index (χ1n) is 22.6. The molecule has 11 heteroatoms. The van der Waals surface area contributed by atoms with Gasteiger partial charge in [0.2, 0.25) is 0 Å². The Morgan fingerprint density at radius 1 is 0.473 bits per heavy atom. The van der Waals surface area contributed by atoms with Crippen LogP contribution in [0.2, 0.25) is 0 Å². The quantitative estimate of drug-likeness (QED) is 0.0235. The number of unbranched alkanes of at least 4 members (excludes halogenated alkanes) is 27. The molecule has 0 aliphatic carbocycles. The second-order valence-electron chi connectivity index (χ2n) is 15.4. The van der Waals surface area contributed by atoms with E-state index in [9.17, 15) is 29.3 Å². The third kappa shape index (κ3) is 39.3. The summed E-state index contributed by atoms with van der Waals surface area (Å²) in [6.07, 6.45) is 39.0. The van der Waals surface area contributed by atoms with Gasteiger partial charge >= 0.3 is 19.8 Å². The maximum Gasteiger partial charge on any atom is 0.472 e. The van der Waals surface area contributed by atoms with Crippen LogP contribution in [-0.2, 0) is 32.7 Å². The molecule has 0 rings (SSSR count). The summed E-state index contributed by atoms with van der Waals surface area (Å²) in [4.78, 5) is 34.5. The molecule has 0 amide bonds. The molecule has 3 N–H and O–H groups in total. The Balaban J connectivity index is 3.87. The molecule has 0 aromatic carbocycles. The van der Waals surface area contributed by atoms with Crippen LogP contribution in [0.3, 0.4) is 0 Å². The Labute approximate surface area is 336 Å². The van der Waals surface area contributed by atoms with E-state index in [2.05, 4.69) is 26.0 Å². The van der Waals surface area contributed by atoms with Crippen LogP contribution >= 0.6 is 7.82 Å². The van der Waals surface area contributed by atoms with Gasteiger partial charge in [-0.1, -0.05) is 180 Å². The third-order valence-corrected chi connectivity index (χ3v) is 10.9. The van der Waals surface area contributed by atoms with Gasteiger partial charge in [-0.15, -0.1) is 0 Å². The largest absolute Gasteiger partial charge is 0.472 e. The number of carbonyl (C=O) groups excluding carboxylic acids is 2. The Kier molecular flexibility index (Phi) is 39.9. The number of hydrogen-bond donors (Lipinski definition) is 3. The first-order valence-corrected chi connectivity index (χ1v) is 24.1. The zero-order valence-electron chi connectivity index (χ0n) is 35.4. The van der Waals surface area contributed by atoms with Crippen molar-refractivity contribution in [2.24, 2.45) is 0 Å². The van der Waals surface area contributed by atoms with Crippen LogP contribution in [0.25, 0.3) is 0 Å². The summed E-state index contributed by atoms with van der Waals surface area (Å²) in [5.74, 6) is -1.02. The summed E-state index contributed by atoms with van der Waals surface area (Å²) < 4.78 is 32.6. The van der Waals surface area contributed by atoms with Crippen LogP contribution in [0.5, 0.6) is 0 Å². The van der Waals surface area contributed by atoms with E-state index < -0.39 is 58.4 Å². The van der Waals surface area contributed by atoms with Crippen molar-refractivity contribution in [2.75, 3.05) is 26.4 Å². The van der Waals surface area contributed by atoms with Gasteiger partial charge in [0.25, 0.3) is 0 Å². The van der Waals surface area contributed by atoms with Crippen molar-refractivity contribution in [2.45, 2.75) is 232 Å². The zero-order chi connectivity index (χ0) is 40.5. The van der Waals surface area contributed by atoms with Crippen molar-refractivity contribution in [1.29, 1.82) is 0 Å². The van der Waals surface area contributed by atoms with Crippen molar-refractivity contribution in [1.82, 2.24) is 0 Å². The van der Waals surface area contributed by atoms with E-state index in [1.807, 2.05) is 0 Å². The number of hydrogen-bond acceptors (Lipinski definition) is 9. The lowest BCUT2D eigenvalue weighted by molar-refractivity contribution is -0.153. The number of phosphoric acid groups is 1. The fourth-order valence-corrected chi connectivity index (χ4v) is 7.25. The lowest BCUT2D eigenvalue weighted by Gasteiger charge is -2.20. The minimum Gasteiger partial charge on any atom is -0.457 e. The Morgan fingerprint density at radius 3 is 1.04 bits per heavy atom. The highest BCUT2D eigenvalue weighted by molar-refractivity contribution is 7.47. The second-order valence-corrected chi connectivity index (χ2v) is 16.8. The van der Waals surface area contributed by atoms with Gasteiger partial charge in [0, 0.05) is 12.8 Å². The molecule has 0 aromatic heterocycles. The fraction of sp³-hybridized carbons (Fsp3) is 0.909. The first kappa shape index (κ1) is 53.7. The predicted molar refractivity (Wildman–Crippen MR) is 224 cm³/mol. The molecular weight excluding hydrogens is 719 g/mol. The van der Waals surface area contributed by atoms with Gasteiger partial charge in [-0.2, -0.15) is 0 Å². The maximum absolute atomic E-state index is 12.4. The third-order valence-electron chi connectivity index (χ3n) is 9.98. The summed E-state index contributed by atoms with van der Waals surface area (Å²) in [5.41, 5.74) is 0. The highest BCUT2D eigenvalue weighted by Gasteiger charge is 2.27. The molecule has 0 saturated heterocycles. The van der Waals surface area contributed by atoms with Crippen LogP contribution in [0.4, 0.5) is 0 Å². The highest BCUT2D eigenvalue weighted by atomic mass is 31.2. The molecule has 0 saturated carbocycles. The molecule has 3 atom stereocenters. The molecule has 0 radical (unpaired) electrons. The van der Waals surface area contributed by atoms with Crippen LogP contribution in [0, 0.1) is 0 Å². The summed E-state index contributed by atoms with van der Waals surface area (Å²) in [7, 11) is -4.63. The molecule has 55 heavy (non-hydrogen) atoms. The number of aliphatic hydroxyl groups is 2. The number of esters is 2. The van der Waals surface area contributed by atoms with Gasteiger partial charge in [0.1, 0.15) is 12.2 Å². The number of allylic oxidation sites excluding steroid dienone is 2. The van der Waals surface area contributed by atoms with Crippen molar-refractivity contribution >= 4 is 19.8 Å². The second kappa shape index (κ2) is 40.9. The molecule has 0 aliphatic rings. The normalized spacial score (nSPS) is 13.9. The fourth-order valence-electron chi connectivity index (χ4n) is 6.46. The summed E-state index contributed by atoms with van der Waals surface area (Å²) in [6, 6.07) is 0. The number of carbonyl (C=O) groups is 2. The molecule has 0 bridgehead atoms. The highest BCUT2D eigenvalue weighted by Crippen LogP contribution is 2.43. The first-order chi connectivity index (χ1) is 26.8. The molecule has 0 spiro atoms. The average molecular weight is 805 g/mol. The van der Waals surface area contributed by atoms with Crippen LogP contribution in [0.15, 0.2) is 12.2 Å². The van der Waals surface area contributed by atoms with Gasteiger partial charge in [-0.05, 0) is 38.5 Å². The molecule has 0 aliphatic heterocycles. The lowest BCUT2D eigenvalue weighted by Crippen LogP contribution is -2.28. The van der Waals surface area contributed by atoms with E-state index in [0.717, 1.165) is 57.8 Å². The molecule has 0 aromatic rings. The number of rotatable bonds is 43. The summed E-state index contributed by atoms with van der Waals surface area (Å²) in [5, 5.41) is 19.2. The van der Waals surface area contributed by atoms with Crippen LogP contribution in [0.1, 0.15) is 219 Å². The molecular formula is C44H85O10P. The average Bonchev–Trinajstić information content (AvgIpc) is 3.17. The molecule has 0 fully saturated rings. The predicted octanol–water partition coefficient (Wildman–Crippen LogP) is 12.0. The van der Waals surface area contributed by atoms with Crippen LogP contribution in [-0.4, -0.2) is 65.7 Å². The molecule has 3 unspecified atom stereocenters. The molecule has 0 heterocycles. The van der Waals surface area contributed by atoms with Gasteiger partial charge in [0.15, 0.2) is 0 Å². The van der Waals surface area contributed by atoms with Crippen LogP contribution < -0.4 is 0 Å².